The van der Waals surface area contributed by atoms with Crippen molar-refractivity contribution in [1.82, 2.24) is 9.97 Å². The molecule has 76 valence electrons. The molecule has 1 aromatic rings. The number of nitrogens with two attached hydrogens (primary N) is 1. The quantitative estimate of drug-likeness (QED) is 0.764. The summed E-state index contributed by atoms with van der Waals surface area (Å²) < 4.78 is 0. The van der Waals surface area contributed by atoms with Gasteiger partial charge in [-0.2, -0.15) is 0 Å². The van der Waals surface area contributed by atoms with Gasteiger partial charge in [0.1, 0.15) is 11.6 Å². The minimum atomic E-state index is 0.465. The Kier molecular flexibility index (Phi) is 2.52. The van der Waals surface area contributed by atoms with Crippen LogP contribution in [0.4, 0.5) is 11.6 Å². The first kappa shape index (κ1) is 9.24. The molecule has 0 amide bonds. The summed E-state index contributed by atoms with van der Waals surface area (Å²) in [4.78, 5) is 8.15. The van der Waals surface area contributed by atoms with E-state index >= 15 is 0 Å². The first-order chi connectivity index (χ1) is 6.75. The maximum absolute atomic E-state index is 5.45. The Balaban J connectivity index is 1.92. The number of rotatable bonds is 3. The first-order valence-corrected chi connectivity index (χ1v) is 5.10. The van der Waals surface area contributed by atoms with Crippen molar-refractivity contribution in [3.05, 3.63) is 12.4 Å². The van der Waals surface area contributed by atoms with Crippen molar-refractivity contribution in [3.63, 3.8) is 0 Å². The van der Waals surface area contributed by atoms with Crippen molar-refractivity contribution in [2.24, 2.45) is 5.92 Å². The van der Waals surface area contributed by atoms with E-state index in [0.717, 1.165) is 11.7 Å². The van der Waals surface area contributed by atoms with Crippen molar-refractivity contribution < 1.29 is 0 Å². The van der Waals surface area contributed by atoms with E-state index in [-0.39, 0.29) is 0 Å². The zero-order valence-corrected chi connectivity index (χ0v) is 8.40. The lowest BCUT2D eigenvalue weighted by Crippen LogP contribution is -2.31. The second-order valence-electron chi connectivity index (χ2n) is 3.95. The van der Waals surface area contributed by atoms with Crippen LogP contribution >= 0.6 is 0 Å². The molecule has 1 saturated carbocycles. The van der Waals surface area contributed by atoms with Gasteiger partial charge in [-0.25, -0.2) is 9.97 Å². The minimum Gasteiger partial charge on any atom is -0.382 e. The van der Waals surface area contributed by atoms with E-state index in [9.17, 15) is 0 Å². The highest BCUT2D eigenvalue weighted by Gasteiger charge is 2.23. The van der Waals surface area contributed by atoms with Gasteiger partial charge in [0.15, 0.2) is 0 Å². The topological polar surface area (TPSA) is 63.8 Å². The molecule has 2 rings (SSSR count). The van der Waals surface area contributed by atoms with Crippen LogP contribution in [0.5, 0.6) is 0 Å². The van der Waals surface area contributed by atoms with E-state index in [1.165, 1.54) is 19.3 Å². The molecule has 4 nitrogen and oxygen atoms in total. The Hall–Kier alpha value is -1.32. The van der Waals surface area contributed by atoms with Crippen LogP contribution in [0, 0.1) is 5.92 Å². The third-order valence-electron chi connectivity index (χ3n) is 2.90. The smallest absolute Gasteiger partial charge is 0.144 e. The van der Waals surface area contributed by atoms with Crippen LogP contribution in [-0.4, -0.2) is 16.0 Å². The molecule has 0 radical (unpaired) electrons. The van der Waals surface area contributed by atoms with Gasteiger partial charge in [-0.05, 0) is 25.7 Å². The van der Waals surface area contributed by atoms with Crippen molar-refractivity contribution in [2.75, 3.05) is 11.1 Å². The minimum absolute atomic E-state index is 0.465. The number of hydrogen-bond donors (Lipinski definition) is 2. The van der Waals surface area contributed by atoms with Crippen molar-refractivity contribution in [1.29, 1.82) is 0 Å². The third kappa shape index (κ3) is 1.95. The Morgan fingerprint density at radius 1 is 1.43 bits per heavy atom. The normalized spacial score (nSPS) is 18.6. The zero-order chi connectivity index (χ0) is 9.97. The molecular weight excluding hydrogens is 176 g/mol. The van der Waals surface area contributed by atoms with Crippen LogP contribution in [0.25, 0.3) is 0 Å². The molecule has 1 aliphatic rings. The molecule has 0 aliphatic heterocycles. The van der Waals surface area contributed by atoms with Crippen LogP contribution in [0.2, 0.25) is 0 Å². The summed E-state index contributed by atoms with van der Waals surface area (Å²) >= 11 is 0. The summed E-state index contributed by atoms with van der Waals surface area (Å²) in [6.45, 7) is 2.20. The summed E-state index contributed by atoms with van der Waals surface area (Å²) in [5.41, 5.74) is 5.45. The summed E-state index contributed by atoms with van der Waals surface area (Å²) in [5, 5.41) is 3.34. The van der Waals surface area contributed by atoms with Gasteiger partial charge in [0.05, 0.1) is 12.4 Å². The van der Waals surface area contributed by atoms with E-state index in [1.54, 1.807) is 12.4 Å². The number of hydrogen-bond acceptors (Lipinski definition) is 4. The van der Waals surface area contributed by atoms with Crippen LogP contribution in [0.15, 0.2) is 12.4 Å². The largest absolute Gasteiger partial charge is 0.382 e. The van der Waals surface area contributed by atoms with E-state index in [4.69, 9.17) is 5.73 Å². The molecule has 1 atom stereocenters. The molecule has 0 aromatic carbocycles. The molecule has 0 spiro atoms. The number of nitrogen functional groups attached to an aromatic ring is 1. The highest BCUT2D eigenvalue weighted by molar-refractivity contribution is 5.36. The summed E-state index contributed by atoms with van der Waals surface area (Å²) in [6.07, 6.45) is 7.29. The van der Waals surface area contributed by atoms with Gasteiger partial charge >= 0.3 is 0 Å². The SMILES string of the molecule is CC(Nc1cnc(N)cn1)C1CCC1. The fraction of sp³-hybridized carbons (Fsp3) is 0.600. The van der Waals surface area contributed by atoms with Crippen LogP contribution < -0.4 is 11.1 Å². The number of nitrogens with one attached hydrogen (secondary N) is 1. The number of aromatic nitrogens is 2. The van der Waals surface area contributed by atoms with Crippen LogP contribution in [-0.2, 0) is 0 Å². The van der Waals surface area contributed by atoms with E-state index in [2.05, 4.69) is 22.2 Å². The lowest BCUT2D eigenvalue weighted by atomic mass is 9.80. The standard InChI is InChI=1S/C10H16N4/c1-7(8-3-2-4-8)14-10-6-12-9(11)5-13-10/h5-8H,2-4H2,1H3,(H2,11,12)(H,13,14). The zero-order valence-electron chi connectivity index (χ0n) is 8.40. The molecule has 1 heterocycles. The third-order valence-corrected chi connectivity index (χ3v) is 2.90. The van der Waals surface area contributed by atoms with Gasteiger partial charge in [-0.1, -0.05) is 6.42 Å². The number of nitrogens with zero attached hydrogens (tertiary/aromatic N) is 2. The highest BCUT2D eigenvalue weighted by Crippen LogP contribution is 2.30. The van der Waals surface area contributed by atoms with Crippen molar-refractivity contribution in [3.8, 4) is 0 Å². The summed E-state index contributed by atoms with van der Waals surface area (Å²) in [7, 11) is 0. The Morgan fingerprint density at radius 2 is 2.21 bits per heavy atom. The molecule has 0 bridgehead atoms. The number of anilines is 2. The second kappa shape index (κ2) is 3.82. The summed E-state index contributed by atoms with van der Waals surface area (Å²) in [5.74, 6) is 2.08. The van der Waals surface area contributed by atoms with Crippen molar-refractivity contribution in [2.45, 2.75) is 32.2 Å². The van der Waals surface area contributed by atoms with Gasteiger partial charge in [-0.3, -0.25) is 0 Å². The molecule has 1 aliphatic carbocycles. The molecular formula is C10H16N4. The molecule has 3 N–H and O–H groups in total. The van der Waals surface area contributed by atoms with Gasteiger partial charge in [0.25, 0.3) is 0 Å². The molecule has 4 heteroatoms. The Bertz CT molecular complexity index is 291. The average molecular weight is 192 g/mol. The van der Waals surface area contributed by atoms with Crippen LogP contribution in [0.3, 0.4) is 0 Å². The van der Waals surface area contributed by atoms with E-state index < -0.39 is 0 Å². The first-order valence-electron chi connectivity index (χ1n) is 5.10. The maximum Gasteiger partial charge on any atom is 0.144 e. The van der Waals surface area contributed by atoms with Gasteiger partial charge < -0.3 is 11.1 Å². The predicted molar refractivity (Wildman–Crippen MR) is 56.9 cm³/mol. The fourth-order valence-electron chi connectivity index (χ4n) is 1.70. The monoisotopic (exact) mass is 192 g/mol. The Morgan fingerprint density at radius 3 is 2.71 bits per heavy atom. The molecule has 1 unspecified atom stereocenters. The second-order valence-corrected chi connectivity index (χ2v) is 3.95. The maximum atomic E-state index is 5.45. The van der Waals surface area contributed by atoms with Gasteiger partial charge in [-0.15, -0.1) is 0 Å². The Labute approximate surface area is 83.9 Å². The van der Waals surface area contributed by atoms with Gasteiger partial charge in [0, 0.05) is 6.04 Å². The van der Waals surface area contributed by atoms with E-state index in [0.29, 0.717) is 11.9 Å². The van der Waals surface area contributed by atoms with Crippen molar-refractivity contribution >= 4 is 11.6 Å². The lowest BCUT2D eigenvalue weighted by Gasteiger charge is -2.32. The summed E-state index contributed by atoms with van der Waals surface area (Å²) in [6, 6.07) is 0.488. The highest BCUT2D eigenvalue weighted by atomic mass is 15.0. The molecule has 14 heavy (non-hydrogen) atoms. The van der Waals surface area contributed by atoms with Crippen LogP contribution in [0.1, 0.15) is 26.2 Å². The molecule has 0 saturated heterocycles. The fourth-order valence-corrected chi connectivity index (χ4v) is 1.70. The lowest BCUT2D eigenvalue weighted by molar-refractivity contribution is 0.285. The molecule has 1 aromatic heterocycles. The molecule has 1 fully saturated rings. The predicted octanol–water partition coefficient (Wildman–Crippen LogP) is 1.66. The average Bonchev–Trinajstić information content (AvgIpc) is 2.06. The van der Waals surface area contributed by atoms with Gasteiger partial charge in [0.2, 0.25) is 0 Å². The van der Waals surface area contributed by atoms with E-state index in [1.807, 2.05) is 0 Å².